The minimum Gasteiger partial charge on any atom is -0.491 e. The molecular weight excluding hydrogens is 404 g/mol. The van der Waals surface area contributed by atoms with Crippen molar-refractivity contribution < 1.29 is 9.53 Å². The molecule has 6 heteroatoms. The molecule has 29 heavy (non-hydrogen) atoms. The highest BCUT2D eigenvalue weighted by Gasteiger charge is 2.13. The Labute approximate surface area is 178 Å². The molecule has 1 N–H and O–H groups in total. The maximum absolute atomic E-state index is 12.6. The fourth-order valence-corrected chi connectivity index (χ4v) is 4.17. The third-order valence-corrected chi connectivity index (χ3v) is 5.64. The number of nitrogens with one attached hydrogen (secondary N) is 1. The van der Waals surface area contributed by atoms with Crippen molar-refractivity contribution in [1.82, 2.24) is 4.98 Å². The molecular formula is C23H19ClN2O2S. The SMILES string of the molecule is CC(C)Oc1ccc(C(=O)Nc2ccc(Cl)c(-c3nc4ccccc4s3)c2)cc1. The number of benzene rings is 3. The number of hydrogen-bond donors (Lipinski definition) is 1. The van der Waals surface area contributed by atoms with Crippen molar-refractivity contribution in [2.45, 2.75) is 20.0 Å². The van der Waals surface area contributed by atoms with Crippen LogP contribution in [0.15, 0.2) is 66.7 Å². The van der Waals surface area contributed by atoms with Crippen LogP contribution in [0.4, 0.5) is 5.69 Å². The van der Waals surface area contributed by atoms with Crippen molar-refractivity contribution in [3.63, 3.8) is 0 Å². The van der Waals surface area contributed by atoms with Gasteiger partial charge in [0, 0.05) is 16.8 Å². The third-order valence-electron chi connectivity index (χ3n) is 4.24. The number of nitrogens with zero attached hydrogens (tertiary/aromatic N) is 1. The van der Waals surface area contributed by atoms with Crippen molar-refractivity contribution in [2.75, 3.05) is 5.32 Å². The molecule has 1 heterocycles. The summed E-state index contributed by atoms with van der Waals surface area (Å²) in [5.74, 6) is 0.542. The van der Waals surface area contributed by atoms with Gasteiger partial charge in [-0.1, -0.05) is 23.7 Å². The maximum Gasteiger partial charge on any atom is 0.255 e. The van der Waals surface area contributed by atoms with Crippen LogP contribution in [0.2, 0.25) is 5.02 Å². The molecule has 4 aromatic rings. The van der Waals surface area contributed by atoms with Crippen LogP contribution in [0.5, 0.6) is 5.75 Å². The van der Waals surface area contributed by atoms with E-state index >= 15 is 0 Å². The Balaban J connectivity index is 1.56. The Morgan fingerprint density at radius 1 is 1.07 bits per heavy atom. The number of carbonyl (C=O) groups is 1. The third kappa shape index (κ3) is 4.42. The molecule has 1 aromatic heterocycles. The number of carbonyl (C=O) groups excluding carboxylic acids is 1. The molecule has 0 bridgehead atoms. The van der Waals surface area contributed by atoms with E-state index in [9.17, 15) is 4.79 Å². The first-order chi connectivity index (χ1) is 14.0. The second-order valence-electron chi connectivity index (χ2n) is 6.83. The molecule has 0 unspecified atom stereocenters. The van der Waals surface area contributed by atoms with Gasteiger partial charge in [-0.05, 0) is 68.4 Å². The average molecular weight is 423 g/mol. The molecule has 0 fully saturated rings. The summed E-state index contributed by atoms with van der Waals surface area (Å²) >= 11 is 7.98. The van der Waals surface area contributed by atoms with Crippen LogP contribution in [0.25, 0.3) is 20.8 Å². The van der Waals surface area contributed by atoms with E-state index in [1.54, 1.807) is 47.7 Å². The van der Waals surface area contributed by atoms with Gasteiger partial charge in [-0.2, -0.15) is 0 Å². The highest BCUT2D eigenvalue weighted by Crippen LogP contribution is 2.36. The number of anilines is 1. The van der Waals surface area contributed by atoms with Crippen LogP contribution >= 0.6 is 22.9 Å². The van der Waals surface area contributed by atoms with Crippen molar-refractivity contribution in [2.24, 2.45) is 0 Å². The molecule has 0 aliphatic rings. The molecule has 4 nitrogen and oxygen atoms in total. The van der Waals surface area contributed by atoms with Crippen LogP contribution < -0.4 is 10.1 Å². The van der Waals surface area contributed by atoms with E-state index in [4.69, 9.17) is 16.3 Å². The van der Waals surface area contributed by atoms with Gasteiger partial charge in [-0.15, -0.1) is 11.3 Å². The molecule has 0 saturated carbocycles. The number of hydrogen-bond acceptors (Lipinski definition) is 4. The Kier molecular flexibility index (Phi) is 5.51. The summed E-state index contributed by atoms with van der Waals surface area (Å²) in [6.07, 6.45) is 0.0877. The smallest absolute Gasteiger partial charge is 0.255 e. The fraction of sp³-hybridized carbons (Fsp3) is 0.130. The van der Waals surface area contributed by atoms with E-state index in [1.807, 2.05) is 44.2 Å². The first kappa shape index (κ1) is 19.4. The van der Waals surface area contributed by atoms with Gasteiger partial charge in [0.2, 0.25) is 0 Å². The lowest BCUT2D eigenvalue weighted by Gasteiger charge is -2.11. The van der Waals surface area contributed by atoms with Gasteiger partial charge in [0.1, 0.15) is 10.8 Å². The monoisotopic (exact) mass is 422 g/mol. The Morgan fingerprint density at radius 2 is 1.83 bits per heavy atom. The maximum atomic E-state index is 12.6. The standard InChI is InChI=1S/C23H19ClN2O2S/c1-14(2)28-17-10-7-15(8-11-17)22(27)25-16-9-12-19(24)18(13-16)23-26-20-5-3-4-6-21(20)29-23/h3-14H,1-2H3,(H,25,27). The Bertz CT molecular complexity index is 1140. The molecule has 0 atom stereocenters. The topological polar surface area (TPSA) is 51.2 Å². The Hall–Kier alpha value is -2.89. The number of para-hydroxylation sites is 1. The molecule has 1 amide bonds. The lowest BCUT2D eigenvalue weighted by Crippen LogP contribution is -2.12. The molecule has 146 valence electrons. The highest BCUT2D eigenvalue weighted by atomic mass is 35.5. The van der Waals surface area contributed by atoms with Gasteiger partial charge in [0.05, 0.1) is 21.3 Å². The summed E-state index contributed by atoms with van der Waals surface area (Å²) in [5, 5.41) is 4.34. The van der Waals surface area contributed by atoms with E-state index in [0.29, 0.717) is 16.3 Å². The number of amides is 1. The van der Waals surface area contributed by atoms with Crippen molar-refractivity contribution in [1.29, 1.82) is 0 Å². The molecule has 0 aliphatic carbocycles. The van der Waals surface area contributed by atoms with E-state index < -0.39 is 0 Å². The number of fused-ring (bicyclic) bond motifs is 1. The number of halogens is 1. The van der Waals surface area contributed by atoms with E-state index in [-0.39, 0.29) is 12.0 Å². The predicted molar refractivity (Wildman–Crippen MR) is 120 cm³/mol. The number of aromatic nitrogens is 1. The van der Waals surface area contributed by atoms with Crippen LogP contribution in [-0.4, -0.2) is 17.0 Å². The minimum absolute atomic E-state index is 0.0877. The number of thiazole rings is 1. The summed E-state index contributed by atoms with van der Waals surface area (Å²) in [4.78, 5) is 17.3. The zero-order valence-electron chi connectivity index (χ0n) is 16.0. The fourth-order valence-electron chi connectivity index (χ4n) is 2.91. The molecule has 4 rings (SSSR count). The van der Waals surface area contributed by atoms with Crippen LogP contribution in [0.3, 0.4) is 0 Å². The van der Waals surface area contributed by atoms with E-state index in [2.05, 4.69) is 10.3 Å². The molecule has 0 spiro atoms. The first-order valence-corrected chi connectivity index (χ1v) is 10.4. The highest BCUT2D eigenvalue weighted by molar-refractivity contribution is 7.21. The molecule has 0 aliphatic heterocycles. The summed E-state index contributed by atoms with van der Waals surface area (Å²) in [6, 6.07) is 20.5. The van der Waals surface area contributed by atoms with Crippen molar-refractivity contribution in [3.8, 4) is 16.3 Å². The zero-order chi connectivity index (χ0) is 20.4. The van der Waals surface area contributed by atoms with Crippen LogP contribution in [0, 0.1) is 0 Å². The van der Waals surface area contributed by atoms with Gasteiger partial charge in [0.25, 0.3) is 5.91 Å². The van der Waals surface area contributed by atoms with E-state index in [0.717, 1.165) is 26.5 Å². The molecule has 3 aromatic carbocycles. The van der Waals surface area contributed by atoms with Gasteiger partial charge >= 0.3 is 0 Å². The van der Waals surface area contributed by atoms with Crippen LogP contribution in [-0.2, 0) is 0 Å². The number of ether oxygens (including phenoxy) is 1. The zero-order valence-corrected chi connectivity index (χ0v) is 17.6. The molecule has 0 saturated heterocycles. The summed E-state index contributed by atoms with van der Waals surface area (Å²) in [7, 11) is 0. The van der Waals surface area contributed by atoms with Gasteiger partial charge in [0.15, 0.2) is 0 Å². The predicted octanol–water partition coefficient (Wildman–Crippen LogP) is 6.66. The first-order valence-electron chi connectivity index (χ1n) is 9.23. The second-order valence-corrected chi connectivity index (χ2v) is 8.26. The largest absolute Gasteiger partial charge is 0.491 e. The van der Waals surface area contributed by atoms with Gasteiger partial charge < -0.3 is 10.1 Å². The quantitative estimate of drug-likeness (QED) is 0.391. The number of rotatable bonds is 5. The normalized spacial score (nSPS) is 11.0. The lowest BCUT2D eigenvalue weighted by molar-refractivity contribution is 0.102. The average Bonchev–Trinajstić information content (AvgIpc) is 3.13. The summed E-state index contributed by atoms with van der Waals surface area (Å²) in [6.45, 7) is 3.92. The van der Waals surface area contributed by atoms with Crippen molar-refractivity contribution in [3.05, 3.63) is 77.3 Å². The van der Waals surface area contributed by atoms with Gasteiger partial charge in [-0.3, -0.25) is 4.79 Å². The van der Waals surface area contributed by atoms with Gasteiger partial charge in [-0.25, -0.2) is 4.98 Å². The lowest BCUT2D eigenvalue weighted by atomic mass is 10.1. The van der Waals surface area contributed by atoms with Crippen molar-refractivity contribution >= 4 is 44.7 Å². The molecule has 0 radical (unpaired) electrons. The Morgan fingerprint density at radius 3 is 2.55 bits per heavy atom. The second kappa shape index (κ2) is 8.23. The summed E-state index contributed by atoms with van der Waals surface area (Å²) in [5.41, 5.74) is 2.95. The van der Waals surface area contributed by atoms with Crippen LogP contribution in [0.1, 0.15) is 24.2 Å². The minimum atomic E-state index is -0.196. The van der Waals surface area contributed by atoms with E-state index in [1.165, 1.54) is 0 Å². The summed E-state index contributed by atoms with van der Waals surface area (Å²) < 4.78 is 6.71.